The molecule has 0 atom stereocenters. The van der Waals surface area contributed by atoms with E-state index in [4.69, 9.17) is 4.42 Å². The first-order valence-corrected chi connectivity index (χ1v) is 11.7. The highest BCUT2D eigenvalue weighted by Crippen LogP contribution is 2.37. The maximum Gasteiger partial charge on any atom is 0.487 e. The van der Waals surface area contributed by atoms with Crippen molar-refractivity contribution in [2.45, 2.75) is 56.0 Å². The summed E-state index contributed by atoms with van der Waals surface area (Å²) in [5.74, 6) is -2.22. The van der Waals surface area contributed by atoms with E-state index in [1.165, 1.54) is 6.92 Å². The zero-order valence-electron chi connectivity index (χ0n) is 17.4. The third-order valence-electron chi connectivity index (χ3n) is 5.74. The molecule has 3 rings (SSSR count). The maximum atomic E-state index is 13.7. The van der Waals surface area contributed by atoms with Crippen molar-refractivity contribution in [1.82, 2.24) is 4.90 Å². The first-order chi connectivity index (χ1) is 15.2. The lowest BCUT2D eigenvalue weighted by molar-refractivity contribution is -0.239. The molecule has 0 N–H and O–H groups in total. The number of benzene rings is 1. The lowest BCUT2D eigenvalue weighted by Gasteiger charge is -2.37. The van der Waals surface area contributed by atoms with Gasteiger partial charge in [0.15, 0.2) is 9.84 Å². The van der Waals surface area contributed by atoms with Crippen molar-refractivity contribution in [3.05, 3.63) is 53.5 Å². The van der Waals surface area contributed by atoms with Crippen LogP contribution in [0.2, 0.25) is 0 Å². The molecule has 5 nitrogen and oxygen atoms in total. The highest BCUT2D eigenvalue weighted by Gasteiger charge is 2.47. The predicted molar refractivity (Wildman–Crippen MR) is 105 cm³/mol. The fraction of sp³-hybridized carbons (Fsp3) is 0.476. The molecule has 1 fully saturated rings. The minimum atomic E-state index is -4.94. The number of aryl methyl sites for hydroxylation is 1. The Labute approximate surface area is 186 Å². The molecule has 33 heavy (non-hydrogen) atoms. The van der Waals surface area contributed by atoms with Crippen LogP contribution in [0.25, 0.3) is 0 Å². The Bertz CT molecular complexity index is 1100. The molecule has 12 heteroatoms. The molecule has 0 saturated heterocycles. The molecule has 1 aromatic carbocycles. The van der Waals surface area contributed by atoms with Crippen LogP contribution in [0.3, 0.4) is 0 Å². The van der Waals surface area contributed by atoms with Crippen LogP contribution in [0.4, 0.5) is 26.3 Å². The van der Waals surface area contributed by atoms with Crippen LogP contribution < -0.4 is 0 Å². The molecular formula is C21H21F6NO4S. The Hall–Kier alpha value is -2.50. The SMILES string of the molecule is Cc1occc1C(=O)N(C1CCC(CS(=O)(=O)c2cccc(C(F)(F)F)c2)CC1)C(F)(F)F. The van der Waals surface area contributed by atoms with E-state index in [1.807, 2.05) is 0 Å². The van der Waals surface area contributed by atoms with Gasteiger partial charge in [0.05, 0.1) is 28.0 Å². The summed E-state index contributed by atoms with van der Waals surface area (Å²) >= 11 is 0. The minimum absolute atomic E-state index is 0.0510. The number of carbonyl (C=O) groups excluding carboxylic acids is 1. The number of nitrogens with zero attached hydrogens (tertiary/aromatic N) is 1. The molecule has 182 valence electrons. The van der Waals surface area contributed by atoms with Crippen LogP contribution in [-0.4, -0.2) is 37.3 Å². The Morgan fingerprint density at radius 2 is 1.70 bits per heavy atom. The molecule has 1 aliphatic rings. The molecule has 0 bridgehead atoms. The summed E-state index contributed by atoms with van der Waals surface area (Å²) in [7, 11) is -4.08. The second-order valence-electron chi connectivity index (χ2n) is 8.02. The Morgan fingerprint density at radius 3 is 2.21 bits per heavy atom. The summed E-state index contributed by atoms with van der Waals surface area (Å²) in [5.41, 5.74) is -1.30. The van der Waals surface area contributed by atoms with E-state index in [-0.39, 0.29) is 41.9 Å². The van der Waals surface area contributed by atoms with E-state index in [1.54, 1.807) is 0 Å². The van der Waals surface area contributed by atoms with E-state index in [0.29, 0.717) is 6.07 Å². The molecule has 1 amide bonds. The number of rotatable bonds is 5. The molecule has 0 spiro atoms. The molecule has 1 aromatic heterocycles. The minimum Gasteiger partial charge on any atom is -0.469 e. The van der Waals surface area contributed by atoms with Gasteiger partial charge in [0.25, 0.3) is 5.91 Å². The van der Waals surface area contributed by atoms with Gasteiger partial charge in [0, 0.05) is 6.04 Å². The number of halogens is 6. The molecule has 0 unspecified atom stereocenters. The van der Waals surface area contributed by atoms with Gasteiger partial charge in [-0.3, -0.25) is 4.79 Å². The Balaban J connectivity index is 1.71. The molecule has 1 aliphatic carbocycles. The summed E-state index contributed by atoms with van der Waals surface area (Å²) in [4.78, 5) is 11.9. The summed E-state index contributed by atoms with van der Waals surface area (Å²) in [6.07, 6.45) is -8.56. The third-order valence-corrected chi connectivity index (χ3v) is 7.62. The number of alkyl halides is 6. The Kier molecular flexibility index (Phi) is 6.88. The van der Waals surface area contributed by atoms with E-state index < -0.39 is 56.4 Å². The van der Waals surface area contributed by atoms with Gasteiger partial charge in [-0.15, -0.1) is 13.2 Å². The zero-order valence-corrected chi connectivity index (χ0v) is 18.2. The van der Waals surface area contributed by atoms with Crippen molar-refractivity contribution in [2.75, 3.05) is 5.75 Å². The summed E-state index contributed by atoms with van der Waals surface area (Å²) in [6.45, 7) is 1.37. The fourth-order valence-corrected chi connectivity index (χ4v) is 5.81. The predicted octanol–water partition coefficient (Wildman–Crippen LogP) is 5.60. The third kappa shape index (κ3) is 5.71. The summed E-state index contributed by atoms with van der Waals surface area (Å²) < 4.78 is 110. The second-order valence-corrected chi connectivity index (χ2v) is 10.0. The van der Waals surface area contributed by atoms with E-state index in [9.17, 15) is 39.6 Å². The van der Waals surface area contributed by atoms with E-state index in [2.05, 4.69) is 0 Å². The van der Waals surface area contributed by atoms with Crippen LogP contribution >= 0.6 is 0 Å². The van der Waals surface area contributed by atoms with E-state index in [0.717, 1.165) is 30.5 Å². The van der Waals surface area contributed by atoms with Crippen LogP contribution in [-0.2, 0) is 16.0 Å². The van der Waals surface area contributed by atoms with Gasteiger partial charge in [0.1, 0.15) is 5.76 Å². The van der Waals surface area contributed by atoms with Crippen molar-refractivity contribution in [3.8, 4) is 0 Å². The lowest BCUT2D eigenvalue weighted by atomic mass is 9.86. The number of amides is 1. The highest BCUT2D eigenvalue weighted by molar-refractivity contribution is 7.91. The highest BCUT2D eigenvalue weighted by atomic mass is 32.2. The number of carbonyl (C=O) groups is 1. The van der Waals surface area contributed by atoms with Gasteiger partial charge >= 0.3 is 12.5 Å². The van der Waals surface area contributed by atoms with Gasteiger partial charge in [-0.1, -0.05) is 6.07 Å². The van der Waals surface area contributed by atoms with Crippen molar-refractivity contribution < 1.29 is 44.0 Å². The number of hydrogen-bond donors (Lipinski definition) is 0. The fourth-order valence-electron chi connectivity index (χ4n) is 4.07. The summed E-state index contributed by atoms with van der Waals surface area (Å²) in [5, 5.41) is 0. The van der Waals surface area contributed by atoms with Crippen LogP contribution in [0, 0.1) is 12.8 Å². The van der Waals surface area contributed by atoms with Crippen molar-refractivity contribution in [2.24, 2.45) is 5.92 Å². The van der Waals surface area contributed by atoms with Gasteiger partial charge in [-0.2, -0.15) is 13.2 Å². The average molecular weight is 497 g/mol. The Morgan fingerprint density at radius 1 is 1.06 bits per heavy atom. The first kappa shape index (κ1) is 25.1. The molecule has 0 radical (unpaired) electrons. The maximum absolute atomic E-state index is 13.7. The monoisotopic (exact) mass is 497 g/mol. The van der Waals surface area contributed by atoms with Gasteiger partial charge in [-0.05, 0) is 62.8 Å². The number of sulfone groups is 1. The molecular weight excluding hydrogens is 476 g/mol. The molecule has 0 aliphatic heterocycles. The second kappa shape index (κ2) is 9.03. The quantitative estimate of drug-likeness (QED) is 0.398. The topological polar surface area (TPSA) is 67.6 Å². The largest absolute Gasteiger partial charge is 0.487 e. The lowest BCUT2D eigenvalue weighted by Crippen LogP contribution is -2.51. The van der Waals surface area contributed by atoms with Crippen molar-refractivity contribution in [3.63, 3.8) is 0 Å². The smallest absolute Gasteiger partial charge is 0.469 e. The van der Waals surface area contributed by atoms with Crippen LogP contribution in [0.15, 0.2) is 45.9 Å². The molecule has 1 saturated carbocycles. The first-order valence-electron chi connectivity index (χ1n) is 10.0. The van der Waals surface area contributed by atoms with E-state index >= 15 is 0 Å². The zero-order chi connectivity index (χ0) is 24.6. The number of furan rings is 1. The van der Waals surface area contributed by atoms with Gasteiger partial charge < -0.3 is 4.42 Å². The average Bonchev–Trinajstić information content (AvgIpc) is 3.13. The van der Waals surface area contributed by atoms with Crippen LogP contribution in [0.5, 0.6) is 0 Å². The molecule has 2 aromatic rings. The van der Waals surface area contributed by atoms with Gasteiger partial charge in [0.2, 0.25) is 0 Å². The summed E-state index contributed by atoms with van der Waals surface area (Å²) in [6, 6.07) is 3.35. The van der Waals surface area contributed by atoms with Crippen molar-refractivity contribution in [1.29, 1.82) is 0 Å². The number of hydrogen-bond acceptors (Lipinski definition) is 4. The standard InChI is InChI=1S/C21H21F6NO4S/c1-13-18(9-10-32-13)19(29)28(21(25,26)27)16-7-5-14(6-8-16)12-33(30,31)17-4-2-3-15(11-17)20(22,23)24/h2-4,9-11,14,16H,5-8,12H2,1H3. The van der Waals surface area contributed by atoms with Crippen molar-refractivity contribution >= 4 is 15.7 Å². The molecule has 1 heterocycles. The van der Waals surface area contributed by atoms with Crippen LogP contribution in [0.1, 0.15) is 47.4 Å². The normalized spacial score (nSPS) is 20.0. The van der Waals surface area contributed by atoms with Gasteiger partial charge in [-0.25, -0.2) is 13.3 Å².